The lowest BCUT2D eigenvalue weighted by Gasteiger charge is -2.43. The van der Waals surface area contributed by atoms with E-state index in [1.165, 1.54) is 0 Å². The Balaban J connectivity index is 2.10. The van der Waals surface area contributed by atoms with Gasteiger partial charge >= 0.3 is 0 Å². The Labute approximate surface area is 290 Å². The summed E-state index contributed by atoms with van der Waals surface area (Å²) in [6, 6.07) is 9.19. The van der Waals surface area contributed by atoms with Crippen molar-refractivity contribution in [2.45, 2.75) is 44.0 Å². The van der Waals surface area contributed by atoms with Crippen molar-refractivity contribution in [3.63, 3.8) is 0 Å². The second-order valence-electron chi connectivity index (χ2n) is 11.6. The van der Waals surface area contributed by atoms with Gasteiger partial charge in [0.15, 0.2) is 33.2 Å². The molecule has 0 bridgehead atoms. The number of benzene rings is 1. The van der Waals surface area contributed by atoms with Crippen LogP contribution >= 0.6 is 7.26 Å². The number of carbonyl (C=O) groups is 1. The van der Waals surface area contributed by atoms with Crippen molar-refractivity contribution in [1.82, 2.24) is 5.32 Å². The Hall–Kier alpha value is -3.76. The van der Waals surface area contributed by atoms with Crippen LogP contribution in [0.3, 0.4) is 0 Å². The molecule has 0 saturated heterocycles. The molecule has 0 aliphatic heterocycles. The first-order valence-electron chi connectivity index (χ1n) is 16.2. The van der Waals surface area contributed by atoms with Crippen molar-refractivity contribution in [3.8, 4) is 0 Å². The van der Waals surface area contributed by atoms with Gasteiger partial charge in [-0.3, -0.25) is 4.79 Å². The molecule has 1 amide bonds. The first-order chi connectivity index (χ1) is 23.8. The minimum atomic E-state index is -2.96. The van der Waals surface area contributed by atoms with Gasteiger partial charge in [-0.1, -0.05) is 18.2 Å². The second kappa shape index (κ2) is 17.8. The average molecular weight is 701 g/mol. The van der Waals surface area contributed by atoms with Crippen LogP contribution in [0.5, 0.6) is 0 Å². The van der Waals surface area contributed by atoms with E-state index in [-0.39, 0.29) is 5.91 Å². The molecule has 12 heteroatoms. The predicted molar refractivity (Wildman–Crippen MR) is 189 cm³/mol. The molecule has 3 atom stereocenters. The minimum absolute atomic E-state index is 0.143. The van der Waals surface area contributed by atoms with Crippen molar-refractivity contribution in [1.29, 1.82) is 0 Å². The highest BCUT2D eigenvalue weighted by Crippen LogP contribution is 2.83. The largest absolute Gasteiger partial charge is 0.501 e. The Morgan fingerprint density at radius 2 is 1.00 bits per heavy atom. The zero-order chi connectivity index (χ0) is 35.6. The van der Waals surface area contributed by atoms with Crippen LogP contribution in [-0.2, 0) is 42.6 Å². The third-order valence-electron chi connectivity index (χ3n) is 9.23. The van der Waals surface area contributed by atoms with E-state index in [4.69, 9.17) is 42.6 Å². The Morgan fingerprint density at radius 1 is 0.612 bits per heavy atom. The fourth-order valence-electron chi connectivity index (χ4n) is 6.92. The van der Waals surface area contributed by atoms with Gasteiger partial charge in [-0.25, -0.2) is 0 Å². The van der Waals surface area contributed by atoms with E-state index in [0.717, 1.165) is 33.2 Å². The van der Waals surface area contributed by atoms with Crippen LogP contribution in [0.4, 0.5) is 0 Å². The summed E-state index contributed by atoms with van der Waals surface area (Å²) >= 11 is 0. The van der Waals surface area contributed by atoms with Crippen molar-refractivity contribution < 1.29 is 47.4 Å². The van der Waals surface area contributed by atoms with Crippen molar-refractivity contribution >= 4 is 13.2 Å². The summed E-state index contributed by atoms with van der Waals surface area (Å²) in [5, 5.41) is 5.95. The summed E-state index contributed by atoms with van der Waals surface area (Å²) in [6.07, 6.45) is 7.01. The van der Waals surface area contributed by atoms with Crippen LogP contribution in [-0.4, -0.2) is 101 Å². The number of nitrogens with one attached hydrogen (secondary N) is 1. The highest BCUT2D eigenvalue weighted by molar-refractivity contribution is 7.87. The van der Waals surface area contributed by atoms with Crippen molar-refractivity contribution in [2.24, 2.45) is 0 Å². The van der Waals surface area contributed by atoms with E-state index in [1.54, 1.807) is 76.1 Å². The van der Waals surface area contributed by atoms with Gasteiger partial charge in [-0.05, 0) is 18.6 Å². The van der Waals surface area contributed by atoms with Crippen LogP contribution in [0.1, 0.15) is 36.0 Å². The lowest BCUT2D eigenvalue weighted by Crippen LogP contribution is -2.35. The Bertz CT molecular complexity index is 1380. The monoisotopic (exact) mass is 700 g/mol. The van der Waals surface area contributed by atoms with Crippen LogP contribution in [0.25, 0.3) is 0 Å². The zero-order valence-electron chi connectivity index (χ0n) is 30.1. The van der Waals surface area contributed by atoms with Crippen molar-refractivity contribution in [2.75, 3.05) is 76.7 Å². The van der Waals surface area contributed by atoms with E-state index < -0.39 is 25.6 Å². The van der Waals surface area contributed by atoms with Crippen LogP contribution in [0.2, 0.25) is 0 Å². The Kier molecular flexibility index (Phi) is 13.8. The lowest BCUT2D eigenvalue weighted by atomic mass is 10.1. The van der Waals surface area contributed by atoms with Gasteiger partial charge in [-0.2, -0.15) is 0 Å². The summed E-state index contributed by atoms with van der Waals surface area (Å²) in [4.78, 5) is 13.2. The Morgan fingerprint density at radius 3 is 1.33 bits per heavy atom. The van der Waals surface area contributed by atoms with Gasteiger partial charge in [0.1, 0.15) is 42.9 Å². The van der Waals surface area contributed by atoms with Gasteiger partial charge in [0.05, 0.1) is 48.8 Å². The molecule has 0 heterocycles. The molecule has 1 aromatic carbocycles. The maximum absolute atomic E-state index is 13.2. The molecular weight excluding hydrogens is 649 g/mol. The molecule has 0 spiro atoms. The van der Waals surface area contributed by atoms with Gasteiger partial charge in [0, 0.05) is 70.9 Å². The zero-order valence-corrected chi connectivity index (χ0v) is 31.0. The quantitative estimate of drug-likeness (QED) is 0.148. The topological polar surface area (TPSA) is 112 Å². The van der Waals surface area contributed by atoms with Crippen LogP contribution in [0.15, 0.2) is 99.1 Å². The number of allylic oxidation sites excluding steroid dienone is 3. The molecule has 4 rings (SSSR count). The molecule has 0 unspecified atom stereocenters. The van der Waals surface area contributed by atoms with E-state index in [9.17, 15) is 4.79 Å². The molecule has 0 radical (unpaired) electrons. The molecular formula is C37H51NO10P+. The highest BCUT2D eigenvalue weighted by atomic mass is 31.2. The summed E-state index contributed by atoms with van der Waals surface area (Å²) in [5.41, 5.74) is 0.596. The molecule has 1 aromatic rings. The fourth-order valence-corrected chi connectivity index (χ4v) is 12.7. The maximum Gasteiger partial charge on any atom is 0.251 e. The SMILES string of the molecule is COC1=CC(OC)=C([P+](CCCNC(=O)c2ccccc2)(C2=C(OC)C=C(OC)C[C@@H]2OC)C2=C(OC)C=C(OC)C[C@@H]2OC)[C@@H](OC)C1. The molecule has 1 N–H and O–H groups in total. The average Bonchev–Trinajstić information content (AvgIpc) is 3.16. The number of amides is 1. The molecule has 3 aliphatic rings. The number of rotatable bonds is 17. The van der Waals surface area contributed by atoms with Gasteiger partial charge in [0.25, 0.3) is 5.91 Å². The number of hydrogen-bond acceptors (Lipinski definition) is 10. The molecule has 11 nitrogen and oxygen atoms in total. The maximum atomic E-state index is 13.2. The number of ether oxygens (including phenoxy) is 9. The van der Waals surface area contributed by atoms with E-state index in [0.29, 0.717) is 61.2 Å². The fraction of sp³-hybridized carbons (Fsp3) is 0.486. The third-order valence-corrected chi connectivity index (χ3v) is 14.2. The molecule has 3 aliphatic carbocycles. The van der Waals surface area contributed by atoms with Crippen molar-refractivity contribution in [3.05, 3.63) is 105 Å². The summed E-state index contributed by atoms with van der Waals surface area (Å²) < 4.78 is 55.0. The summed E-state index contributed by atoms with van der Waals surface area (Å²) in [5.74, 6) is 3.90. The molecule has 0 saturated carbocycles. The summed E-state index contributed by atoms with van der Waals surface area (Å²) in [7, 11) is 12.0. The number of methoxy groups -OCH3 is 9. The van der Waals surface area contributed by atoms with E-state index in [2.05, 4.69) is 5.32 Å². The standard InChI is InChI=1S/C37H50NO10P/c1-40-25-18-28(43-4)34(29(19-25)44-5)49(17-13-16-38-37(39)24-14-11-10-12-15-24,35-30(45-6)20-26(41-2)21-31(35)46-7)36-32(47-8)22-27(42-3)23-33(36)48-9/h10-12,14-15,18,20,22,29,31,33H,13,16-17,19,21,23H2,1-9H3/p+1/t29-,31-,33-/m0/s1. The van der Waals surface area contributed by atoms with E-state index >= 15 is 0 Å². The highest BCUT2D eigenvalue weighted by Gasteiger charge is 2.63. The van der Waals surface area contributed by atoms with E-state index in [1.807, 2.05) is 36.4 Å². The first-order valence-corrected chi connectivity index (χ1v) is 18.2. The molecule has 49 heavy (non-hydrogen) atoms. The van der Waals surface area contributed by atoms with Crippen LogP contribution < -0.4 is 5.32 Å². The normalized spacial score (nSPS) is 21.4. The smallest absolute Gasteiger partial charge is 0.251 e. The first kappa shape index (κ1) is 38.0. The number of hydrogen-bond donors (Lipinski definition) is 1. The van der Waals surface area contributed by atoms with Gasteiger partial charge in [-0.15, -0.1) is 0 Å². The molecule has 0 aromatic heterocycles. The third kappa shape index (κ3) is 7.86. The van der Waals surface area contributed by atoms with Crippen LogP contribution in [0, 0.1) is 0 Å². The minimum Gasteiger partial charge on any atom is -0.501 e. The lowest BCUT2D eigenvalue weighted by molar-refractivity contribution is 0.0952. The molecule has 0 fully saturated rings. The van der Waals surface area contributed by atoms with Gasteiger partial charge in [0.2, 0.25) is 0 Å². The number of carbonyl (C=O) groups excluding carboxylic acids is 1. The predicted octanol–water partition coefficient (Wildman–Crippen LogP) is 6.25. The van der Waals surface area contributed by atoms with Gasteiger partial charge < -0.3 is 47.9 Å². The second-order valence-corrected chi connectivity index (χ2v) is 15.1. The summed E-state index contributed by atoms with van der Waals surface area (Å²) in [6.45, 7) is 0.403. The molecule has 268 valence electrons.